The minimum absolute atomic E-state index is 0.146. The highest BCUT2D eigenvalue weighted by atomic mass is 32.2. The fourth-order valence-electron chi connectivity index (χ4n) is 3.57. The van der Waals surface area contributed by atoms with E-state index in [1.165, 1.54) is 18.7 Å². The monoisotopic (exact) mass is 460 g/mol. The number of thioether (sulfide) groups is 1. The van der Waals surface area contributed by atoms with Gasteiger partial charge in [-0.1, -0.05) is 43.0 Å². The third kappa shape index (κ3) is 4.88. The first-order valence-corrected chi connectivity index (χ1v) is 11.5. The number of benzene rings is 2. The van der Waals surface area contributed by atoms with Crippen LogP contribution in [0.2, 0.25) is 0 Å². The zero-order chi connectivity index (χ0) is 23.4. The topological polar surface area (TPSA) is 102 Å². The van der Waals surface area contributed by atoms with Gasteiger partial charge in [0.2, 0.25) is 17.0 Å². The lowest BCUT2D eigenvalue weighted by Crippen LogP contribution is -2.25. The molecule has 8 nitrogen and oxygen atoms in total. The Morgan fingerprint density at radius 3 is 2.45 bits per heavy atom. The van der Waals surface area contributed by atoms with E-state index < -0.39 is 5.25 Å². The predicted molar refractivity (Wildman–Crippen MR) is 132 cm³/mol. The van der Waals surface area contributed by atoms with Crippen molar-refractivity contribution in [1.29, 1.82) is 0 Å². The standard InChI is InChI=1S/C24H24N6O2S/c1-4-14-30-19-9-7-6-8-18(19)21-22(30)27-24(29-28-21)33-20(5-2)23(32)26-17-12-10-16(11-13-17)25-15(3)31/h4,6-13,20H,1,5,14H2,2-3H3,(H,25,31)(H,26,32)/t20-/m0/s1. The molecule has 2 heterocycles. The average molecular weight is 461 g/mol. The Bertz CT molecular complexity index is 1330. The summed E-state index contributed by atoms with van der Waals surface area (Å²) >= 11 is 1.29. The van der Waals surface area contributed by atoms with Gasteiger partial charge in [-0.15, -0.1) is 16.8 Å². The Hall–Kier alpha value is -3.72. The zero-order valence-electron chi connectivity index (χ0n) is 18.4. The van der Waals surface area contributed by atoms with Crippen LogP contribution in [-0.4, -0.2) is 36.8 Å². The van der Waals surface area contributed by atoms with Crippen molar-refractivity contribution in [1.82, 2.24) is 19.7 Å². The highest BCUT2D eigenvalue weighted by Gasteiger charge is 2.21. The number of carbonyl (C=O) groups is 2. The minimum Gasteiger partial charge on any atom is -0.326 e. The molecule has 1 atom stereocenters. The fraction of sp³-hybridized carbons (Fsp3) is 0.208. The number of rotatable bonds is 8. The van der Waals surface area contributed by atoms with E-state index in [1.807, 2.05) is 41.8 Å². The molecule has 168 valence electrons. The molecule has 9 heteroatoms. The summed E-state index contributed by atoms with van der Waals surface area (Å²) in [7, 11) is 0. The number of anilines is 2. The van der Waals surface area contributed by atoms with E-state index >= 15 is 0 Å². The Labute approximate surface area is 195 Å². The second-order valence-corrected chi connectivity index (χ2v) is 8.62. The van der Waals surface area contributed by atoms with Gasteiger partial charge in [0.15, 0.2) is 5.65 Å². The lowest BCUT2D eigenvalue weighted by Gasteiger charge is -2.14. The molecule has 0 fully saturated rings. The molecule has 0 aliphatic heterocycles. The molecule has 0 bridgehead atoms. The van der Waals surface area contributed by atoms with Crippen LogP contribution in [0.3, 0.4) is 0 Å². The van der Waals surface area contributed by atoms with Crippen molar-refractivity contribution in [2.24, 2.45) is 0 Å². The molecule has 0 aliphatic rings. The number of hydrogen-bond acceptors (Lipinski definition) is 6. The highest BCUT2D eigenvalue weighted by molar-refractivity contribution is 8.00. The van der Waals surface area contributed by atoms with E-state index in [0.717, 1.165) is 22.1 Å². The normalized spacial score (nSPS) is 11.9. The van der Waals surface area contributed by atoms with Crippen LogP contribution < -0.4 is 10.6 Å². The minimum atomic E-state index is -0.392. The van der Waals surface area contributed by atoms with Gasteiger partial charge in [-0.05, 0) is 36.8 Å². The van der Waals surface area contributed by atoms with Gasteiger partial charge in [0, 0.05) is 30.2 Å². The number of nitrogens with one attached hydrogen (secondary N) is 2. The van der Waals surface area contributed by atoms with Crippen LogP contribution in [0.5, 0.6) is 0 Å². The number of para-hydroxylation sites is 1. The summed E-state index contributed by atoms with van der Waals surface area (Å²) in [5, 5.41) is 15.4. The van der Waals surface area contributed by atoms with E-state index in [4.69, 9.17) is 4.98 Å². The molecule has 0 unspecified atom stereocenters. The van der Waals surface area contributed by atoms with E-state index in [9.17, 15) is 9.59 Å². The van der Waals surface area contributed by atoms with Gasteiger partial charge in [-0.25, -0.2) is 4.98 Å². The van der Waals surface area contributed by atoms with E-state index in [1.54, 1.807) is 24.3 Å². The Kier molecular flexibility index (Phi) is 6.69. The summed E-state index contributed by atoms with van der Waals surface area (Å²) in [6, 6.07) is 14.9. The average Bonchev–Trinajstić information content (AvgIpc) is 3.12. The van der Waals surface area contributed by atoms with E-state index in [2.05, 4.69) is 27.4 Å². The first kappa shape index (κ1) is 22.5. The molecule has 2 amide bonds. The predicted octanol–water partition coefficient (Wildman–Crippen LogP) is 4.63. The van der Waals surface area contributed by atoms with Gasteiger partial charge in [0.25, 0.3) is 0 Å². The van der Waals surface area contributed by atoms with Crippen molar-refractivity contribution in [2.75, 3.05) is 10.6 Å². The SMILES string of the molecule is C=CCn1c2ccccc2c2nnc(S[C@@H](CC)C(=O)Nc3ccc(NC(C)=O)cc3)nc21. The highest BCUT2D eigenvalue weighted by Crippen LogP contribution is 2.29. The number of nitrogens with zero attached hydrogens (tertiary/aromatic N) is 4. The molecule has 2 N–H and O–H groups in total. The molecular weight excluding hydrogens is 436 g/mol. The van der Waals surface area contributed by atoms with Crippen molar-refractivity contribution in [3.8, 4) is 0 Å². The van der Waals surface area contributed by atoms with E-state index in [-0.39, 0.29) is 11.8 Å². The molecule has 33 heavy (non-hydrogen) atoms. The van der Waals surface area contributed by atoms with Gasteiger partial charge in [0.05, 0.1) is 10.8 Å². The molecule has 0 saturated heterocycles. The Morgan fingerprint density at radius 2 is 1.79 bits per heavy atom. The summed E-state index contributed by atoms with van der Waals surface area (Å²) in [5.74, 6) is -0.294. The maximum absolute atomic E-state index is 12.9. The first-order chi connectivity index (χ1) is 16.0. The maximum Gasteiger partial charge on any atom is 0.237 e. The molecular formula is C24H24N6O2S. The molecule has 2 aromatic carbocycles. The van der Waals surface area contributed by atoms with Crippen LogP contribution in [0.15, 0.2) is 66.3 Å². The third-order valence-corrected chi connectivity index (χ3v) is 6.27. The number of hydrogen-bond donors (Lipinski definition) is 2. The van der Waals surface area contributed by atoms with Crippen LogP contribution in [0, 0.1) is 0 Å². The quantitative estimate of drug-likeness (QED) is 0.294. The molecule has 0 radical (unpaired) electrons. The second kappa shape index (κ2) is 9.83. The van der Waals surface area contributed by atoms with Crippen LogP contribution in [0.4, 0.5) is 11.4 Å². The van der Waals surface area contributed by atoms with Gasteiger partial charge < -0.3 is 15.2 Å². The number of carbonyl (C=O) groups excluding carboxylic acids is 2. The first-order valence-electron chi connectivity index (χ1n) is 10.6. The van der Waals surface area contributed by atoms with Crippen molar-refractivity contribution >= 4 is 57.0 Å². The van der Waals surface area contributed by atoms with Gasteiger partial charge >= 0.3 is 0 Å². The Morgan fingerprint density at radius 1 is 1.09 bits per heavy atom. The largest absolute Gasteiger partial charge is 0.326 e. The Balaban J connectivity index is 1.55. The third-order valence-electron chi connectivity index (χ3n) is 5.05. The number of aromatic nitrogens is 4. The summed E-state index contributed by atoms with van der Waals surface area (Å²) < 4.78 is 2.05. The molecule has 0 spiro atoms. The van der Waals surface area contributed by atoms with Crippen molar-refractivity contribution in [3.63, 3.8) is 0 Å². The fourth-order valence-corrected chi connectivity index (χ4v) is 4.38. The smallest absolute Gasteiger partial charge is 0.237 e. The summed E-state index contributed by atoms with van der Waals surface area (Å²) in [6.07, 6.45) is 2.41. The van der Waals surface area contributed by atoms with Crippen LogP contribution in [0.25, 0.3) is 22.1 Å². The lowest BCUT2D eigenvalue weighted by atomic mass is 10.2. The second-order valence-electron chi connectivity index (χ2n) is 7.45. The van der Waals surface area contributed by atoms with Crippen LogP contribution in [0.1, 0.15) is 20.3 Å². The van der Waals surface area contributed by atoms with Gasteiger partial charge in [0.1, 0.15) is 5.52 Å². The molecule has 0 saturated carbocycles. The summed E-state index contributed by atoms with van der Waals surface area (Å²) in [4.78, 5) is 28.8. The van der Waals surface area contributed by atoms with Gasteiger partial charge in [-0.2, -0.15) is 0 Å². The number of allylic oxidation sites excluding steroid dienone is 1. The van der Waals surface area contributed by atoms with Crippen molar-refractivity contribution in [3.05, 3.63) is 61.2 Å². The van der Waals surface area contributed by atoms with Crippen molar-refractivity contribution < 1.29 is 9.59 Å². The lowest BCUT2D eigenvalue weighted by molar-refractivity contribution is -0.116. The summed E-state index contributed by atoms with van der Waals surface area (Å²) in [5.41, 5.74) is 3.79. The number of amides is 2. The number of fused-ring (bicyclic) bond motifs is 3. The van der Waals surface area contributed by atoms with Crippen LogP contribution in [-0.2, 0) is 16.1 Å². The molecule has 0 aliphatic carbocycles. The van der Waals surface area contributed by atoms with E-state index in [0.29, 0.717) is 29.5 Å². The summed E-state index contributed by atoms with van der Waals surface area (Å²) in [6.45, 7) is 7.84. The zero-order valence-corrected chi connectivity index (χ0v) is 19.2. The molecule has 4 rings (SSSR count). The van der Waals surface area contributed by atoms with Crippen LogP contribution >= 0.6 is 11.8 Å². The van der Waals surface area contributed by atoms with Gasteiger partial charge in [-0.3, -0.25) is 9.59 Å². The molecule has 4 aromatic rings. The maximum atomic E-state index is 12.9. The molecule has 2 aromatic heterocycles. The van der Waals surface area contributed by atoms with Crippen molar-refractivity contribution in [2.45, 2.75) is 37.2 Å².